The van der Waals surface area contributed by atoms with Crippen LogP contribution in [0.15, 0.2) is 11.6 Å². The van der Waals surface area contributed by atoms with Crippen LogP contribution in [0, 0.1) is 45.8 Å². The molecule has 0 radical (unpaired) electrons. The fourth-order valence-corrected chi connectivity index (χ4v) is 8.38. The summed E-state index contributed by atoms with van der Waals surface area (Å²) in [6.07, 6.45) is 4.39. The van der Waals surface area contributed by atoms with Crippen LogP contribution < -0.4 is 0 Å². The first-order chi connectivity index (χ1) is 14.2. The summed E-state index contributed by atoms with van der Waals surface area (Å²) in [6.45, 7) is 4.69. The third kappa shape index (κ3) is 2.46. The second kappa shape index (κ2) is 6.56. The number of carbonyl (C=O) groups is 2. The van der Waals surface area contributed by atoms with E-state index in [0.717, 1.165) is 12.7 Å². The molecule has 4 rings (SSSR count). The monoisotopic (exact) mass is 464 g/mol. The number of halogens is 3. The van der Waals surface area contributed by atoms with E-state index >= 15 is 0 Å². The highest BCUT2D eigenvalue weighted by atomic mass is 32.2. The third-order valence-corrected chi connectivity index (χ3v) is 9.87. The average Bonchev–Trinajstić information content (AvgIpc) is 3.22. The predicted octanol–water partition coefficient (Wildman–Crippen LogP) is 3.78. The number of aldehydes is 1. The second-order valence-corrected chi connectivity index (χ2v) is 11.8. The molecular weight excluding hydrogens is 437 g/mol. The number of rotatable bonds is 6. The first kappa shape index (κ1) is 22.8. The van der Waals surface area contributed by atoms with Crippen molar-refractivity contribution in [3.63, 3.8) is 0 Å². The van der Waals surface area contributed by atoms with Gasteiger partial charge in [0.05, 0.1) is 12.0 Å². The van der Waals surface area contributed by atoms with Gasteiger partial charge in [-0.05, 0) is 48.9 Å². The smallest absolute Gasteiger partial charge is 0.481 e. The van der Waals surface area contributed by atoms with Gasteiger partial charge in [-0.2, -0.15) is 21.6 Å². The number of carbonyl (C=O) groups excluding carboxylic acids is 1. The van der Waals surface area contributed by atoms with E-state index in [1.54, 1.807) is 19.9 Å². The van der Waals surface area contributed by atoms with Crippen molar-refractivity contribution in [3.05, 3.63) is 11.6 Å². The molecule has 31 heavy (non-hydrogen) atoms. The zero-order chi connectivity index (χ0) is 23.2. The van der Waals surface area contributed by atoms with Gasteiger partial charge in [-0.3, -0.25) is 8.98 Å². The van der Waals surface area contributed by atoms with E-state index in [2.05, 4.69) is 4.18 Å². The van der Waals surface area contributed by atoms with Crippen LogP contribution in [-0.2, 0) is 23.9 Å². The van der Waals surface area contributed by atoms with Crippen LogP contribution in [0.1, 0.15) is 46.5 Å². The van der Waals surface area contributed by atoms with Crippen LogP contribution in [0.5, 0.6) is 0 Å². The molecule has 3 fully saturated rings. The summed E-state index contributed by atoms with van der Waals surface area (Å²) in [5.74, 6) is -2.18. The highest BCUT2D eigenvalue weighted by Crippen LogP contribution is 2.82. The largest absolute Gasteiger partial charge is 0.523 e. The molecule has 0 saturated heterocycles. The van der Waals surface area contributed by atoms with Crippen molar-refractivity contribution >= 4 is 22.4 Å². The second-order valence-electron chi connectivity index (χ2n) is 10.1. The van der Waals surface area contributed by atoms with Gasteiger partial charge in [0, 0.05) is 5.41 Å². The Labute approximate surface area is 179 Å². The lowest BCUT2D eigenvalue weighted by Crippen LogP contribution is -2.63. The number of carboxylic acid groups (broad SMARTS) is 1. The van der Waals surface area contributed by atoms with Crippen molar-refractivity contribution in [3.8, 4) is 0 Å². The molecule has 7 atom stereocenters. The Kier molecular flexibility index (Phi) is 4.81. The van der Waals surface area contributed by atoms with Crippen molar-refractivity contribution in [2.75, 3.05) is 6.61 Å². The SMILES string of the molecule is CC(C)C1=C[C@H]2C[C@@]3(C=O)[C@@H]4CC[C@@H](C)[C@H]4C[C@@]2(COS(=O)(=O)C(F)(F)F)[C@]13C(=O)O. The summed E-state index contributed by atoms with van der Waals surface area (Å²) in [4.78, 5) is 25.8. The van der Waals surface area contributed by atoms with Crippen molar-refractivity contribution in [2.45, 2.75) is 52.0 Å². The van der Waals surface area contributed by atoms with Crippen molar-refractivity contribution in [2.24, 2.45) is 45.8 Å². The molecule has 0 aromatic heterocycles. The van der Waals surface area contributed by atoms with Gasteiger partial charge < -0.3 is 9.90 Å². The molecule has 0 aromatic carbocycles. The number of aliphatic carboxylic acids is 1. The highest BCUT2D eigenvalue weighted by molar-refractivity contribution is 7.87. The molecule has 0 aromatic rings. The fraction of sp³-hybridized carbons (Fsp3) is 0.810. The van der Waals surface area contributed by atoms with Gasteiger partial charge in [0.2, 0.25) is 0 Å². The number of alkyl halides is 3. The molecular formula is C21H27F3O6S. The topological polar surface area (TPSA) is 97.7 Å². The molecule has 4 bridgehead atoms. The minimum Gasteiger partial charge on any atom is -0.481 e. The van der Waals surface area contributed by atoms with E-state index in [-0.39, 0.29) is 36.5 Å². The van der Waals surface area contributed by atoms with Gasteiger partial charge in [-0.1, -0.05) is 38.8 Å². The van der Waals surface area contributed by atoms with E-state index in [4.69, 9.17) is 0 Å². The van der Waals surface area contributed by atoms with Crippen LogP contribution >= 0.6 is 0 Å². The lowest BCUT2D eigenvalue weighted by Gasteiger charge is -2.58. The minimum atomic E-state index is -5.90. The van der Waals surface area contributed by atoms with E-state index in [0.29, 0.717) is 12.0 Å². The lowest BCUT2D eigenvalue weighted by molar-refractivity contribution is -0.183. The van der Waals surface area contributed by atoms with Gasteiger partial charge in [0.1, 0.15) is 11.7 Å². The first-order valence-electron chi connectivity index (χ1n) is 10.6. The third-order valence-electron chi connectivity index (χ3n) is 8.88. The summed E-state index contributed by atoms with van der Waals surface area (Å²) < 4.78 is 67.1. The van der Waals surface area contributed by atoms with E-state index in [9.17, 15) is 36.3 Å². The molecule has 4 aliphatic rings. The number of fused-ring (bicyclic) bond motifs is 2. The minimum absolute atomic E-state index is 0.0696. The highest BCUT2D eigenvalue weighted by Gasteiger charge is 2.84. The van der Waals surface area contributed by atoms with Crippen LogP contribution in [-0.4, -0.2) is 37.9 Å². The lowest BCUT2D eigenvalue weighted by atomic mass is 9.43. The van der Waals surface area contributed by atoms with Gasteiger partial charge in [0.25, 0.3) is 0 Å². The molecule has 0 heterocycles. The number of carboxylic acids is 1. The summed E-state index contributed by atoms with van der Waals surface area (Å²) in [5, 5.41) is 10.6. The molecule has 0 unspecified atom stereocenters. The van der Waals surface area contributed by atoms with Gasteiger partial charge in [0.15, 0.2) is 0 Å². The van der Waals surface area contributed by atoms with Gasteiger partial charge in [-0.15, -0.1) is 0 Å². The van der Waals surface area contributed by atoms with E-state index in [1.165, 1.54) is 0 Å². The van der Waals surface area contributed by atoms with E-state index < -0.39 is 50.4 Å². The molecule has 0 spiro atoms. The Bertz CT molecular complexity index is 957. The maximum Gasteiger partial charge on any atom is 0.523 e. The summed E-state index contributed by atoms with van der Waals surface area (Å²) >= 11 is 0. The summed E-state index contributed by atoms with van der Waals surface area (Å²) in [5.41, 5.74) is -9.57. The van der Waals surface area contributed by atoms with Crippen LogP contribution in [0.3, 0.4) is 0 Å². The number of hydrogen-bond donors (Lipinski definition) is 1. The molecule has 0 amide bonds. The Morgan fingerprint density at radius 3 is 2.48 bits per heavy atom. The summed E-state index contributed by atoms with van der Waals surface area (Å²) in [6, 6.07) is 0. The number of allylic oxidation sites excluding steroid dienone is 1. The van der Waals surface area contributed by atoms with Gasteiger partial charge >= 0.3 is 21.6 Å². The normalized spacial score (nSPS) is 43.8. The molecule has 4 aliphatic carbocycles. The van der Waals surface area contributed by atoms with Crippen LogP contribution in [0.2, 0.25) is 0 Å². The quantitative estimate of drug-likeness (QED) is 0.278. The summed E-state index contributed by atoms with van der Waals surface area (Å²) in [7, 11) is -5.90. The molecule has 10 heteroatoms. The maximum absolute atomic E-state index is 13.0. The Balaban J connectivity index is 1.93. The van der Waals surface area contributed by atoms with Gasteiger partial charge in [-0.25, -0.2) is 0 Å². The van der Waals surface area contributed by atoms with Crippen molar-refractivity contribution in [1.82, 2.24) is 0 Å². The Morgan fingerprint density at radius 1 is 1.32 bits per heavy atom. The molecule has 174 valence electrons. The van der Waals surface area contributed by atoms with Crippen LogP contribution in [0.4, 0.5) is 13.2 Å². The molecule has 0 aliphatic heterocycles. The average molecular weight is 465 g/mol. The Morgan fingerprint density at radius 2 is 1.97 bits per heavy atom. The molecule has 6 nitrogen and oxygen atoms in total. The Hall–Kier alpha value is -1.42. The first-order valence-corrected chi connectivity index (χ1v) is 12.0. The predicted molar refractivity (Wildman–Crippen MR) is 103 cm³/mol. The number of hydrogen-bond acceptors (Lipinski definition) is 5. The van der Waals surface area contributed by atoms with Crippen molar-refractivity contribution in [1.29, 1.82) is 0 Å². The standard InChI is InChI=1S/C21H27F3O6S/c1-11(2)16-6-13-7-18(9-25)15-5-4-12(3)14(15)8-19(13,20(16,18)17(26)27)10-30-31(28,29)21(22,23)24/h6,9,11-15H,4-5,7-8,10H2,1-3H3,(H,26,27)/t12-,13+,14-,15-,18-,19+,20+/m1/s1. The zero-order valence-corrected chi connectivity index (χ0v) is 18.4. The zero-order valence-electron chi connectivity index (χ0n) is 17.6. The van der Waals surface area contributed by atoms with E-state index in [1.807, 2.05) is 6.92 Å². The van der Waals surface area contributed by atoms with Crippen molar-refractivity contribution < 1.29 is 40.5 Å². The maximum atomic E-state index is 13.0. The molecule has 3 saturated carbocycles. The van der Waals surface area contributed by atoms with Crippen LogP contribution in [0.25, 0.3) is 0 Å². The molecule has 1 N–H and O–H groups in total. The fourth-order valence-electron chi connectivity index (χ4n) is 7.88.